The van der Waals surface area contributed by atoms with E-state index in [1.165, 1.54) is 12.8 Å². The summed E-state index contributed by atoms with van der Waals surface area (Å²) in [5.41, 5.74) is 0. The van der Waals surface area contributed by atoms with Gasteiger partial charge in [0.05, 0.1) is 0 Å². The second-order valence-electron chi connectivity index (χ2n) is 6.00. The quantitative estimate of drug-likeness (QED) is 0.822. The van der Waals surface area contributed by atoms with Crippen LogP contribution in [0.2, 0.25) is 0 Å². The molecule has 3 rings (SSSR count). The van der Waals surface area contributed by atoms with Crippen molar-refractivity contribution in [2.45, 2.75) is 18.9 Å². The standard InChI is InChI=1S/C15H25N5O/c1-18(2)14-11-15(17-12-16-14)20-7-5-19(6-8-20)13-3-9-21-10-4-13/h11-13H,3-10H2,1-2H3. The Hall–Kier alpha value is -1.40. The highest BCUT2D eigenvalue weighted by Gasteiger charge is 2.26. The molecule has 0 radical (unpaired) electrons. The lowest BCUT2D eigenvalue weighted by Gasteiger charge is -2.41. The van der Waals surface area contributed by atoms with E-state index in [1.54, 1.807) is 6.33 Å². The van der Waals surface area contributed by atoms with E-state index in [9.17, 15) is 0 Å². The van der Waals surface area contributed by atoms with E-state index in [2.05, 4.69) is 25.8 Å². The van der Waals surface area contributed by atoms with Gasteiger partial charge in [-0.05, 0) is 12.8 Å². The Morgan fingerprint density at radius 1 is 1.10 bits per heavy atom. The van der Waals surface area contributed by atoms with Crippen LogP contribution >= 0.6 is 0 Å². The summed E-state index contributed by atoms with van der Waals surface area (Å²) in [6.07, 6.45) is 4.02. The first-order chi connectivity index (χ1) is 10.2. The van der Waals surface area contributed by atoms with E-state index in [4.69, 9.17) is 4.74 Å². The lowest BCUT2D eigenvalue weighted by molar-refractivity contribution is 0.0321. The molecule has 1 aromatic heterocycles. The fourth-order valence-corrected chi connectivity index (χ4v) is 3.12. The van der Waals surface area contributed by atoms with Crippen LogP contribution in [0.4, 0.5) is 11.6 Å². The van der Waals surface area contributed by atoms with E-state index in [-0.39, 0.29) is 0 Å². The summed E-state index contributed by atoms with van der Waals surface area (Å²) in [6.45, 7) is 6.16. The Bertz CT molecular complexity index is 453. The minimum atomic E-state index is 0.712. The Balaban J connectivity index is 1.59. The van der Waals surface area contributed by atoms with Gasteiger partial charge in [-0.1, -0.05) is 0 Å². The van der Waals surface area contributed by atoms with Gasteiger partial charge in [-0.15, -0.1) is 0 Å². The van der Waals surface area contributed by atoms with Gasteiger partial charge < -0.3 is 14.5 Å². The van der Waals surface area contributed by atoms with Crippen LogP contribution in [0, 0.1) is 0 Å². The largest absolute Gasteiger partial charge is 0.381 e. The van der Waals surface area contributed by atoms with E-state index in [0.29, 0.717) is 6.04 Å². The number of anilines is 2. The summed E-state index contributed by atoms with van der Waals surface area (Å²) in [6, 6.07) is 2.79. The van der Waals surface area contributed by atoms with Crippen molar-refractivity contribution in [3.8, 4) is 0 Å². The van der Waals surface area contributed by atoms with Gasteiger partial charge in [-0.25, -0.2) is 9.97 Å². The summed E-state index contributed by atoms with van der Waals surface area (Å²) in [4.78, 5) is 15.7. The number of piperazine rings is 1. The van der Waals surface area contributed by atoms with E-state index in [0.717, 1.165) is 51.0 Å². The van der Waals surface area contributed by atoms with E-state index < -0.39 is 0 Å². The van der Waals surface area contributed by atoms with Crippen molar-refractivity contribution < 1.29 is 4.74 Å². The number of nitrogens with zero attached hydrogens (tertiary/aromatic N) is 5. The zero-order valence-corrected chi connectivity index (χ0v) is 13.0. The molecule has 2 aliphatic heterocycles. The van der Waals surface area contributed by atoms with Crippen molar-refractivity contribution in [3.63, 3.8) is 0 Å². The smallest absolute Gasteiger partial charge is 0.134 e. The second-order valence-corrected chi connectivity index (χ2v) is 6.00. The van der Waals surface area contributed by atoms with Gasteiger partial charge in [0.25, 0.3) is 0 Å². The van der Waals surface area contributed by atoms with Gasteiger partial charge in [-0.2, -0.15) is 0 Å². The predicted molar refractivity (Wildman–Crippen MR) is 84.0 cm³/mol. The Kier molecular flexibility index (Phi) is 4.55. The van der Waals surface area contributed by atoms with Gasteiger partial charge in [0.2, 0.25) is 0 Å². The third kappa shape index (κ3) is 3.44. The molecule has 0 amide bonds. The van der Waals surface area contributed by atoms with Crippen molar-refractivity contribution in [1.82, 2.24) is 14.9 Å². The van der Waals surface area contributed by atoms with Crippen LogP contribution in [0.15, 0.2) is 12.4 Å². The van der Waals surface area contributed by atoms with Crippen molar-refractivity contribution >= 4 is 11.6 Å². The zero-order chi connectivity index (χ0) is 14.7. The van der Waals surface area contributed by atoms with Crippen LogP contribution in [-0.2, 0) is 4.74 Å². The molecule has 1 aromatic rings. The third-order valence-corrected chi connectivity index (χ3v) is 4.44. The maximum atomic E-state index is 5.46. The van der Waals surface area contributed by atoms with Gasteiger partial charge in [0.1, 0.15) is 18.0 Å². The van der Waals surface area contributed by atoms with Crippen LogP contribution in [0.1, 0.15) is 12.8 Å². The normalized spacial score (nSPS) is 21.5. The lowest BCUT2D eigenvalue weighted by atomic mass is 10.1. The summed E-state index contributed by atoms with van der Waals surface area (Å²) >= 11 is 0. The summed E-state index contributed by atoms with van der Waals surface area (Å²) in [5.74, 6) is 2.01. The fraction of sp³-hybridized carbons (Fsp3) is 0.733. The fourth-order valence-electron chi connectivity index (χ4n) is 3.12. The highest BCUT2D eigenvalue weighted by atomic mass is 16.5. The van der Waals surface area contributed by atoms with Crippen LogP contribution in [0.25, 0.3) is 0 Å². The summed E-state index contributed by atoms with van der Waals surface area (Å²) in [5, 5.41) is 0. The van der Waals surface area contributed by atoms with Crippen LogP contribution in [0.3, 0.4) is 0 Å². The first kappa shape index (κ1) is 14.5. The molecule has 6 nitrogen and oxygen atoms in total. The molecule has 6 heteroatoms. The van der Waals surface area contributed by atoms with Gasteiger partial charge in [0, 0.05) is 65.6 Å². The number of ether oxygens (including phenoxy) is 1. The number of hydrogen-bond acceptors (Lipinski definition) is 6. The highest BCUT2D eigenvalue weighted by Crippen LogP contribution is 2.20. The van der Waals surface area contributed by atoms with Crippen molar-refractivity contribution in [3.05, 3.63) is 12.4 Å². The molecule has 21 heavy (non-hydrogen) atoms. The molecule has 0 bridgehead atoms. The zero-order valence-electron chi connectivity index (χ0n) is 13.0. The SMILES string of the molecule is CN(C)c1cc(N2CCN(C3CCOCC3)CC2)ncn1. The molecule has 116 valence electrons. The second kappa shape index (κ2) is 6.58. The minimum absolute atomic E-state index is 0.712. The lowest BCUT2D eigenvalue weighted by Crippen LogP contribution is -2.51. The molecule has 0 atom stereocenters. The first-order valence-electron chi connectivity index (χ1n) is 7.80. The van der Waals surface area contributed by atoms with Gasteiger partial charge in [0.15, 0.2) is 0 Å². The maximum absolute atomic E-state index is 5.46. The minimum Gasteiger partial charge on any atom is -0.381 e. The third-order valence-electron chi connectivity index (χ3n) is 4.44. The molecule has 0 N–H and O–H groups in total. The first-order valence-corrected chi connectivity index (χ1v) is 7.80. The van der Waals surface area contributed by atoms with E-state index >= 15 is 0 Å². The Morgan fingerprint density at radius 3 is 2.48 bits per heavy atom. The summed E-state index contributed by atoms with van der Waals surface area (Å²) < 4.78 is 5.46. The molecule has 0 aliphatic carbocycles. The summed E-state index contributed by atoms with van der Waals surface area (Å²) in [7, 11) is 4.02. The van der Waals surface area contributed by atoms with Crippen LogP contribution in [-0.4, -0.2) is 74.4 Å². The Labute approximate surface area is 126 Å². The Morgan fingerprint density at radius 2 is 1.81 bits per heavy atom. The average Bonchev–Trinajstić information content (AvgIpc) is 2.56. The average molecular weight is 291 g/mol. The predicted octanol–water partition coefficient (Wildman–Crippen LogP) is 0.844. The molecule has 3 heterocycles. The maximum Gasteiger partial charge on any atom is 0.134 e. The van der Waals surface area contributed by atoms with Crippen LogP contribution < -0.4 is 9.80 Å². The molecule has 2 aliphatic rings. The molecule has 2 saturated heterocycles. The topological polar surface area (TPSA) is 44.7 Å². The molecule has 0 aromatic carbocycles. The van der Waals surface area contributed by atoms with E-state index in [1.807, 2.05) is 19.0 Å². The van der Waals surface area contributed by atoms with Gasteiger partial charge >= 0.3 is 0 Å². The molecule has 0 unspecified atom stereocenters. The molecule has 0 spiro atoms. The molecule has 2 fully saturated rings. The van der Waals surface area contributed by atoms with Crippen molar-refractivity contribution in [2.24, 2.45) is 0 Å². The molecule has 0 saturated carbocycles. The monoisotopic (exact) mass is 291 g/mol. The van der Waals surface area contributed by atoms with Gasteiger partial charge in [-0.3, -0.25) is 4.90 Å². The van der Waals surface area contributed by atoms with Crippen molar-refractivity contribution in [1.29, 1.82) is 0 Å². The number of rotatable bonds is 3. The van der Waals surface area contributed by atoms with Crippen molar-refractivity contribution in [2.75, 3.05) is 63.3 Å². The highest BCUT2D eigenvalue weighted by molar-refractivity contribution is 5.49. The molecular formula is C15H25N5O. The number of hydrogen-bond donors (Lipinski definition) is 0. The number of aromatic nitrogens is 2. The molecular weight excluding hydrogens is 266 g/mol. The van der Waals surface area contributed by atoms with Crippen LogP contribution in [0.5, 0.6) is 0 Å².